The lowest BCUT2D eigenvalue weighted by Crippen LogP contribution is -2.43. The predicted molar refractivity (Wildman–Crippen MR) is 122 cm³/mol. The van der Waals surface area contributed by atoms with Crippen LogP contribution in [0.4, 0.5) is 0 Å². The average Bonchev–Trinajstić information content (AvgIpc) is 3.52. The van der Waals surface area contributed by atoms with Gasteiger partial charge in [-0.15, -0.1) is 5.10 Å². The molecule has 0 bridgehead atoms. The number of rotatable bonds is 11. The fourth-order valence-electron chi connectivity index (χ4n) is 5.25. The molecule has 9 heteroatoms. The van der Waals surface area contributed by atoms with E-state index in [4.69, 9.17) is 14.5 Å². The summed E-state index contributed by atoms with van der Waals surface area (Å²) in [5.74, 6) is 0.945. The van der Waals surface area contributed by atoms with Gasteiger partial charge in [-0.1, -0.05) is 18.9 Å². The summed E-state index contributed by atoms with van der Waals surface area (Å²) in [4.78, 5) is 16.5. The van der Waals surface area contributed by atoms with E-state index in [2.05, 4.69) is 33.0 Å². The van der Waals surface area contributed by atoms with Crippen LogP contribution in [0.3, 0.4) is 0 Å². The highest BCUT2D eigenvalue weighted by atomic mass is 16.5. The fraction of sp³-hybridized carbons (Fsp3) is 0.708. The van der Waals surface area contributed by atoms with Gasteiger partial charge in [0.15, 0.2) is 5.82 Å². The second-order valence-electron chi connectivity index (χ2n) is 9.21. The first kappa shape index (κ1) is 23.8. The van der Waals surface area contributed by atoms with Crippen LogP contribution in [-0.2, 0) is 26.2 Å². The van der Waals surface area contributed by atoms with Gasteiger partial charge in [-0.2, -0.15) is 0 Å². The summed E-state index contributed by atoms with van der Waals surface area (Å²) in [6.45, 7) is 5.15. The summed E-state index contributed by atoms with van der Waals surface area (Å²) in [5.41, 5.74) is 1.21. The van der Waals surface area contributed by atoms with Crippen molar-refractivity contribution in [2.75, 3.05) is 26.4 Å². The molecule has 3 heterocycles. The molecule has 2 aliphatic rings. The molecule has 2 aromatic heterocycles. The molecule has 1 saturated carbocycles. The smallest absolute Gasteiger partial charge is 0.305 e. The maximum atomic E-state index is 11.7. The van der Waals surface area contributed by atoms with Gasteiger partial charge in [-0.25, -0.2) is 4.68 Å². The van der Waals surface area contributed by atoms with Gasteiger partial charge in [0.05, 0.1) is 19.3 Å². The number of hydrogen-bond acceptors (Lipinski definition) is 8. The Morgan fingerprint density at radius 1 is 1.33 bits per heavy atom. The number of carbonyl (C=O) groups is 1. The summed E-state index contributed by atoms with van der Waals surface area (Å²) in [6.07, 6.45) is 9.73. The lowest BCUT2D eigenvalue weighted by Gasteiger charge is -2.35. The number of hydrogen-bond donors (Lipinski definition) is 1. The third-order valence-electron chi connectivity index (χ3n) is 6.99. The minimum atomic E-state index is -0.180. The fourth-order valence-corrected chi connectivity index (χ4v) is 5.25. The lowest BCUT2D eigenvalue weighted by molar-refractivity contribution is -0.143. The van der Waals surface area contributed by atoms with Crippen molar-refractivity contribution in [2.24, 2.45) is 5.92 Å². The van der Waals surface area contributed by atoms with E-state index < -0.39 is 0 Å². The number of esters is 1. The number of aryl methyl sites for hydroxylation is 1. The van der Waals surface area contributed by atoms with Gasteiger partial charge in [-0.3, -0.25) is 9.78 Å². The average molecular weight is 457 g/mol. The number of carbonyl (C=O) groups excluding carboxylic acids is 1. The van der Waals surface area contributed by atoms with Crippen LogP contribution in [0.5, 0.6) is 0 Å². The van der Waals surface area contributed by atoms with E-state index in [1.165, 1.54) is 18.5 Å². The SMILES string of the molecule is CCOC(=O)CCCn1nnnc1C(NCC1(c2ccccn2)CCCC1)C1CCCOC1. The number of ether oxygens (including phenoxy) is 2. The molecule has 180 valence electrons. The van der Waals surface area contributed by atoms with Gasteiger partial charge in [0.25, 0.3) is 0 Å². The quantitative estimate of drug-likeness (QED) is 0.515. The maximum Gasteiger partial charge on any atom is 0.305 e. The Hall–Kier alpha value is -2.39. The van der Waals surface area contributed by atoms with Gasteiger partial charge in [0.2, 0.25) is 0 Å². The highest BCUT2D eigenvalue weighted by Crippen LogP contribution is 2.40. The molecule has 1 saturated heterocycles. The Kier molecular flexibility index (Phi) is 8.39. The number of nitrogens with one attached hydrogen (secondary N) is 1. The predicted octanol–water partition coefficient (Wildman–Crippen LogP) is 2.98. The van der Waals surface area contributed by atoms with Crippen molar-refractivity contribution in [3.63, 3.8) is 0 Å². The molecule has 4 rings (SSSR count). The summed E-state index contributed by atoms with van der Waals surface area (Å²) >= 11 is 0. The van der Waals surface area contributed by atoms with Crippen molar-refractivity contribution in [3.8, 4) is 0 Å². The molecule has 33 heavy (non-hydrogen) atoms. The monoisotopic (exact) mass is 456 g/mol. The highest BCUT2D eigenvalue weighted by Gasteiger charge is 2.39. The number of pyridine rings is 1. The molecule has 2 fully saturated rings. The molecule has 9 nitrogen and oxygen atoms in total. The molecule has 2 unspecified atom stereocenters. The van der Waals surface area contributed by atoms with E-state index in [9.17, 15) is 4.79 Å². The van der Waals surface area contributed by atoms with Gasteiger partial charge in [-0.05, 0) is 61.6 Å². The van der Waals surface area contributed by atoms with Crippen LogP contribution < -0.4 is 5.32 Å². The van der Waals surface area contributed by atoms with Crippen molar-refractivity contribution in [2.45, 2.75) is 76.3 Å². The van der Waals surface area contributed by atoms with Crippen LogP contribution in [0, 0.1) is 5.92 Å². The van der Waals surface area contributed by atoms with E-state index in [-0.39, 0.29) is 17.4 Å². The summed E-state index contributed by atoms with van der Waals surface area (Å²) < 4.78 is 12.7. The Labute approximate surface area is 195 Å². The normalized spacial score (nSPS) is 21.1. The van der Waals surface area contributed by atoms with E-state index in [0.29, 0.717) is 38.5 Å². The van der Waals surface area contributed by atoms with Crippen molar-refractivity contribution >= 4 is 5.97 Å². The zero-order valence-electron chi connectivity index (χ0n) is 19.6. The second kappa shape index (κ2) is 11.7. The van der Waals surface area contributed by atoms with Crippen LogP contribution in [0.2, 0.25) is 0 Å². The minimum Gasteiger partial charge on any atom is -0.466 e. The van der Waals surface area contributed by atoms with Crippen molar-refractivity contribution in [1.29, 1.82) is 0 Å². The number of tetrazole rings is 1. The Morgan fingerprint density at radius 2 is 2.21 bits per heavy atom. The first-order valence-corrected chi connectivity index (χ1v) is 12.4. The van der Waals surface area contributed by atoms with Gasteiger partial charge in [0.1, 0.15) is 0 Å². The summed E-state index contributed by atoms with van der Waals surface area (Å²) in [7, 11) is 0. The molecule has 0 radical (unpaired) electrons. The Balaban J connectivity index is 1.49. The molecular weight excluding hydrogens is 420 g/mol. The van der Waals surface area contributed by atoms with E-state index in [1.807, 2.05) is 23.9 Å². The molecular formula is C24H36N6O3. The third-order valence-corrected chi connectivity index (χ3v) is 6.99. The molecule has 1 N–H and O–H groups in total. The van der Waals surface area contributed by atoms with E-state index >= 15 is 0 Å². The first-order chi connectivity index (χ1) is 16.2. The second-order valence-corrected chi connectivity index (χ2v) is 9.21. The third kappa shape index (κ3) is 5.95. The molecule has 1 aliphatic carbocycles. The molecule has 0 aromatic carbocycles. The minimum absolute atomic E-state index is 0.0101. The zero-order valence-corrected chi connectivity index (χ0v) is 19.6. The van der Waals surface area contributed by atoms with Crippen molar-refractivity contribution in [1.82, 2.24) is 30.5 Å². The molecule has 0 spiro atoms. The molecule has 0 amide bonds. The van der Waals surface area contributed by atoms with Crippen LogP contribution in [0.1, 0.15) is 75.9 Å². The molecule has 1 aliphatic heterocycles. The summed E-state index contributed by atoms with van der Waals surface area (Å²) in [5, 5.41) is 16.5. The van der Waals surface area contributed by atoms with Gasteiger partial charge in [0, 0.05) is 49.3 Å². The first-order valence-electron chi connectivity index (χ1n) is 12.4. The van der Waals surface area contributed by atoms with Crippen molar-refractivity contribution < 1.29 is 14.3 Å². The highest BCUT2D eigenvalue weighted by molar-refractivity contribution is 5.69. The van der Waals surface area contributed by atoms with Gasteiger partial charge < -0.3 is 14.8 Å². The number of aromatic nitrogens is 5. The van der Waals surface area contributed by atoms with Crippen LogP contribution in [0.25, 0.3) is 0 Å². The van der Waals surface area contributed by atoms with Crippen LogP contribution in [0.15, 0.2) is 24.4 Å². The van der Waals surface area contributed by atoms with Crippen LogP contribution in [-0.4, -0.2) is 57.5 Å². The standard InChI is InChI=1S/C24H36N6O3/c1-2-33-21(31)11-7-15-30-23(27-28-29-30)22(19-9-8-16-32-17-19)26-18-24(12-4-5-13-24)20-10-3-6-14-25-20/h3,6,10,14,19,22,26H,2,4-5,7-9,11-13,15-18H2,1H3. The van der Waals surface area contributed by atoms with Gasteiger partial charge >= 0.3 is 5.97 Å². The Bertz CT molecular complexity index is 862. The maximum absolute atomic E-state index is 11.7. The molecule has 2 aromatic rings. The van der Waals surface area contributed by atoms with Crippen molar-refractivity contribution in [3.05, 3.63) is 35.9 Å². The summed E-state index contributed by atoms with van der Waals surface area (Å²) in [6, 6.07) is 6.21. The largest absolute Gasteiger partial charge is 0.466 e. The van der Waals surface area contributed by atoms with E-state index in [0.717, 1.165) is 44.7 Å². The topological polar surface area (TPSA) is 104 Å². The molecule has 2 atom stereocenters. The van der Waals surface area contributed by atoms with Crippen LogP contribution >= 0.6 is 0 Å². The zero-order chi connectivity index (χ0) is 22.9. The van der Waals surface area contributed by atoms with E-state index in [1.54, 1.807) is 0 Å². The lowest BCUT2D eigenvalue weighted by atomic mass is 9.81. The number of nitrogens with zero attached hydrogens (tertiary/aromatic N) is 5. The Morgan fingerprint density at radius 3 is 2.94 bits per heavy atom.